The number of hydrogen-bond acceptors (Lipinski definition) is 3. The maximum absolute atomic E-state index is 8.72. The summed E-state index contributed by atoms with van der Waals surface area (Å²) in [5.41, 5.74) is 0. The monoisotopic (exact) mass is 170 g/mol. The predicted octanol–water partition coefficient (Wildman–Crippen LogP) is 1.26. The Balaban J connectivity index is 3.97. The van der Waals surface area contributed by atoms with E-state index in [1.807, 2.05) is 6.92 Å². The third-order valence-electron chi connectivity index (χ3n) is 1.90. The first-order chi connectivity index (χ1) is 5.63. The van der Waals surface area contributed by atoms with Crippen LogP contribution in [0.4, 0.5) is 0 Å². The van der Waals surface area contributed by atoms with Crippen molar-refractivity contribution in [1.29, 1.82) is 5.26 Å². The summed E-state index contributed by atoms with van der Waals surface area (Å²) >= 11 is 0. The van der Waals surface area contributed by atoms with Crippen LogP contribution in [0.25, 0.3) is 0 Å². The van der Waals surface area contributed by atoms with E-state index in [1.165, 1.54) is 0 Å². The Morgan fingerprint density at radius 2 is 2.00 bits per heavy atom. The van der Waals surface area contributed by atoms with Gasteiger partial charge >= 0.3 is 0 Å². The second kappa shape index (κ2) is 5.99. The zero-order chi connectivity index (χ0) is 9.56. The fourth-order valence-corrected chi connectivity index (χ4v) is 1.17. The van der Waals surface area contributed by atoms with E-state index in [0.717, 1.165) is 6.54 Å². The van der Waals surface area contributed by atoms with E-state index in [4.69, 9.17) is 10.00 Å². The summed E-state index contributed by atoms with van der Waals surface area (Å²) in [6, 6.07) is 2.60. The zero-order valence-corrected chi connectivity index (χ0v) is 8.37. The number of rotatable bonds is 5. The van der Waals surface area contributed by atoms with Gasteiger partial charge in [0.2, 0.25) is 0 Å². The van der Waals surface area contributed by atoms with Gasteiger partial charge in [0.05, 0.1) is 18.7 Å². The summed E-state index contributed by atoms with van der Waals surface area (Å²) in [6.07, 6.45) is 0. The summed E-state index contributed by atoms with van der Waals surface area (Å²) in [4.78, 5) is 2.11. The van der Waals surface area contributed by atoms with Crippen LogP contribution in [0.3, 0.4) is 0 Å². The average Bonchev–Trinajstić information content (AvgIpc) is 2.04. The first kappa shape index (κ1) is 11.4. The molecule has 0 aromatic carbocycles. The van der Waals surface area contributed by atoms with Crippen LogP contribution in [0.15, 0.2) is 0 Å². The highest BCUT2D eigenvalue weighted by atomic mass is 16.5. The molecule has 0 rings (SSSR count). The van der Waals surface area contributed by atoms with Crippen LogP contribution in [-0.4, -0.2) is 37.2 Å². The standard InChI is InChI=1S/C9H18N2O/c1-8(2)11(5-6-12-4)9(3)7-10/h8-9H,5-6H2,1-4H3. The fraction of sp³-hybridized carbons (Fsp3) is 0.889. The Morgan fingerprint density at radius 3 is 2.33 bits per heavy atom. The van der Waals surface area contributed by atoms with Crippen molar-refractivity contribution in [3.8, 4) is 6.07 Å². The van der Waals surface area contributed by atoms with Crippen molar-refractivity contribution in [3.05, 3.63) is 0 Å². The highest BCUT2D eigenvalue weighted by Crippen LogP contribution is 2.03. The second-order valence-corrected chi connectivity index (χ2v) is 3.13. The minimum absolute atomic E-state index is 0.0276. The van der Waals surface area contributed by atoms with Gasteiger partial charge in [0.1, 0.15) is 0 Å². The number of nitrogens with zero attached hydrogens (tertiary/aromatic N) is 2. The first-order valence-electron chi connectivity index (χ1n) is 4.27. The van der Waals surface area contributed by atoms with Crippen LogP contribution in [-0.2, 0) is 4.74 Å². The lowest BCUT2D eigenvalue weighted by Gasteiger charge is -2.28. The normalized spacial score (nSPS) is 13.4. The molecule has 0 spiro atoms. The minimum Gasteiger partial charge on any atom is -0.383 e. The van der Waals surface area contributed by atoms with Crippen molar-refractivity contribution >= 4 is 0 Å². The Bertz CT molecular complexity index is 151. The molecule has 12 heavy (non-hydrogen) atoms. The maximum Gasteiger partial charge on any atom is 0.0952 e. The van der Waals surface area contributed by atoms with Gasteiger partial charge in [0, 0.05) is 19.7 Å². The summed E-state index contributed by atoms with van der Waals surface area (Å²) in [6.45, 7) is 7.59. The summed E-state index contributed by atoms with van der Waals surface area (Å²) < 4.78 is 4.97. The number of methoxy groups -OCH3 is 1. The van der Waals surface area contributed by atoms with Gasteiger partial charge in [-0.3, -0.25) is 4.90 Å². The Labute approximate surface area is 74.9 Å². The first-order valence-corrected chi connectivity index (χ1v) is 4.27. The Morgan fingerprint density at radius 1 is 1.42 bits per heavy atom. The molecule has 0 aliphatic carbocycles. The lowest BCUT2D eigenvalue weighted by molar-refractivity contribution is 0.118. The molecule has 0 radical (unpaired) electrons. The molecule has 0 saturated heterocycles. The molecule has 1 unspecified atom stereocenters. The molecule has 0 aliphatic heterocycles. The van der Waals surface area contributed by atoms with Crippen molar-refractivity contribution in [2.24, 2.45) is 0 Å². The van der Waals surface area contributed by atoms with Gasteiger partial charge in [-0.2, -0.15) is 5.26 Å². The van der Waals surface area contributed by atoms with Crippen LogP contribution in [0.1, 0.15) is 20.8 Å². The molecule has 0 saturated carbocycles. The predicted molar refractivity (Wildman–Crippen MR) is 48.8 cm³/mol. The smallest absolute Gasteiger partial charge is 0.0952 e. The van der Waals surface area contributed by atoms with Crippen LogP contribution in [0.5, 0.6) is 0 Å². The van der Waals surface area contributed by atoms with Crippen LogP contribution >= 0.6 is 0 Å². The van der Waals surface area contributed by atoms with Crippen LogP contribution < -0.4 is 0 Å². The molecule has 0 amide bonds. The largest absolute Gasteiger partial charge is 0.383 e. The molecule has 0 heterocycles. The minimum atomic E-state index is -0.0276. The molecule has 0 aromatic rings. The van der Waals surface area contributed by atoms with E-state index >= 15 is 0 Å². The molecule has 0 fully saturated rings. The maximum atomic E-state index is 8.72. The summed E-state index contributed by atoms with van der Waals surface area (Å²) in [5, 5.41) is 8.72. The van der Waals surface area contributed by atoms with E-state index in [9.17, 15) is 0 Å². The van der Waals surface area contributed by atoms with Gasteiger partial charge in [-0.25, -0.2) is 0 Å². The van der Waals surface area contributed by atoms with E-state index in [2.05, 4.69) is 24.8 Å². The third kappa shape index (κ3) is 3.70. The van der Waals surface area contributed by atoms with Crippen molar-refractivity contribution in [2.75, 3.05) is 20.3 Å². The molecular formula is C9H18N2O. The number of hydrogen-bond donors (Lipinski definition) is 0. The lowest BCUT2D eigenvalue weighted by Crippen LogP contribution is -2.40. The summed E-state index contributed by atoms with van der Waals surface area (Å²) in [7, 11) is 1.68. The molecular weight excluding hydrogens is 152 g/mol. The topological polar surface area (TPSA) is 36.3 Å². The number of nitriles is 1. The molecule has 3 heteroatoms. The van der Waals surface area contributed by atoms with Gasteiger partial charge in [-0.1, -0.05) is 0 Å². The van der Waals surface area contributed by atoms with Gasteiger partial charge < -0.3 is 4.74 Å². The molecule has 0 bridgehead atoms. The molecule has 0 aliphatic rings. The lowest BCUT2D eigenvalue weighted by atomic mass is 10.2. The Kier molecular flexibility index (Phi) is 5.69. The fourth-order valence-electron chi connectivity index (χ4n) is 1.17. The van der Waals surface area contributed by atoms with E-state index in [0.29, 0.717) is 12.6 Å². The number of ether oxygens (including phenoxy) is 1. The Hall–Kier alpha value is -0.590. The molecule has 0 N–H and O–H groups in total. The highest BCUT2D eigenvalue weighted by molar-refractivity contribution is 4.89. The van der Waals surface area contributed by atoms with Gasteiger partial charge in [-0.15, -0.1) is 0 Å². The van der Waals surface area contributed by atoms with Crippen LogP contribution in [0.2, 0.25) is 0 Å². The molecule has 3 nitrogen and oxygen atoms in total. The van der Waals surface area contributed by atoms with Crippen molar-refractivity contribution in [3.63, 3.8) is 0 Å². The van der Waals surface area contributed by atoms with E-state index in [1.54, 1.807) is 7.11 Å². The SMILES string of the molecule is COCCN(C(C)C)C(C)C#N. The van der Waals surface area contributed by atoms with Gasteiger partial charge in [0.25, 0.3) is 0 Å². The molecule has 1 atom stereocenters. The molecule has 70 valence electrons. The van der Waals surface area contributed by atoms with Crippen molar-refractivity contribution < 1.29 is 4.74 Å². The van der Waals surface area contributed by atoms with Crippen molar-refractivity contribution in [2.45, 2.75) is 32.9 Å². The van der Waals surface area contributed by atoms with Gasteiger partial charge in [0.15, 0.2) is 0 Å². The molecule has 0 aromatic heterocycles. The quantitative estimate of drug-likeness (QED) is 0.623. The van der Waals surface area contributed by atoms with Crippen LogP contribution in [0, 0.1) is 11.3 Å². The zero-order valence-electron chi connectivity index (χ0n) is 8.37. The third-order valence-corrected chi connectivity index (χ3v) is 1.90. The summed E-state index contributed by atoms with van der Waals surface area (Å²) in [5.74, 6) is 0. The van der Waals surface area contributed by atoms with Gasteiger partial charge in [-0.05, 0) is 20.8 Å². The van der Waals surface area contributed by atoms with E-state index in [-0.39, 0.29) is 6.04 Å². The van der Waals surface area contributed by atoms with E-state index < -0.39 is 0 Å². The second-order valence-electron chi connectivity index (χ2n) is 3.13. The average molecular weight is 170 g/mol. The van der Waals surface area contributed by atoms with Crippen molar-refractivity contribution in [1.82, 2.24) is 4.90 Å². The highest BCUT2D eigenvalue weighted by Gasteiger charge is 2.15.